The fourth-order valence-electron chi connectivity index (χ4n) is 5.02. The lowest BCUT2D eigenvalue weighted by molar-refractivity contribution is -0.385. The van der Waals surface area contributed by atoms with E-state index in [1.54, 1.807) is 24.5 Å². The summed E-state index contributed by atoms with van der Waals surface area (Å²) in [7, 11) is -1.25. The Morgan fingerprint density at radius 1 is 1.21 bits per heavy atom. The average molecular weight is 556 g/mol. The molecule has 1 aliphatic rings. The Labute approximate surface area is 230 Å². The van der Waals surface area contributed by atoms with Crippen LogP contribution >= 0.6 is 0 Å². The van der Waals surface area contributed by atoms with Gasteiger partial charge in [-0.2, -0.15) is 0 Å². The largest absolute Gasteiger partial charge is 0.386 e. The van der Waals surface area contributed by atoms with Crippen LogP contribution in [0.15, 0.2) is 36.9 Å². The zero-order valence-corrected chi connectivity index (χ0v) is 25.0. The Hall–Kier alpha value is -2.93. The van der Waals surface area contributed by atoms with Crippen molar-refractivity contribution in [3.8, 4) is 0 Å². The second-order valence-corrected chi connectivity index (χ2v) is 15.2. The van der Waals surface area contributed by atoms with Crippen molar-refractivity contribution in [1.82, 2.24) is 19.5 Å². The van der Waals surface area contributed by atoms with E-state index in [0.717, 1.165) is 0 Å². The third-order valence-electron chi connectivity index (χ3n) is 7.48. The molecule has 12 heteroatoms. The molecule has 1 aliphatic heterocycles. The fraction of sp³-hybridized carbons (Fsp3) is 0.593. The van der Waals surface area contributed by atoms with Crippen molar-refractivity contribution < 1.29 is 19.5 Å². The number of nitrogens with zero attached hydrogens (tertiary/aromatic N) is 5. The van der Waals surface area contributed by atoms with Crippen LogP contribution in [0.5, 0.6) is 0 Å². The van der Waals surface area contributed by atoms with Gasteiger partial charge in [0.05, 0.1) is 23.5 Å². The molecule has 1 radical (unpaired) electrons. The number of hydrogen-bond donors (Lipinski definition) is 2. The van der Waals surface area contributed by atoms with Gasteiger partial charge in [-0.15, -0.1) is 0 Å². The number of rotatable bonds is 8. The molecule has 0 aliphatic carbocycles. The van der Waals surface area contributed by atoms with E-state index in [-0.39, 0.29) is 24.4 Å². The monoisotopic (exact) mass is 555 g/mol. The minimum atomic E-state index is -1.25. The highest BCUT2D eigenvalue weighted by atomic mass is 28.3. The fourth-order valence-corrected chi connectivity index (χ4v) is 6.67. The molecule has 1 aromatic carbocycles. The molecule has 4 rings (SSSR count). The SMILES string of the molecule is C[Si](C)[C@]1(n2cnc3c(NCc4ccccc4[N+](=O)[O-])ncnc32)C[C@@](O)(C(C)(C)C)[C@@H](COC(C)(C)C)O1. The Bertz CT molecular complexity index is 1350. The van der Waals surface area contributed by atoms with Crippen LogP contribution in [0.1, 0.15) is 53.5 Å². The Morgan fingerprint density at radius 3 is 2.51 bits per heavy atom. The van der Waals surface area contributed by atoms with Gasteiger partial charge >= 0.3 is 0 Å². The maximum Gasteiger partial charge on any atom is 0.274 e. The van der Waals surface area contributed by atoms with Crippen LogP contribution in [0.3, 0.4) is 0 Å². The van der Waals surface area contributed by atoms with E-state index in [0.29, 0.717) is 29.0 Å². The molecular weight excluding hydrogens is 516 g/mol. The van der Waals surface area contributed by atoms with Gasteiger partial charge in [0.1, 0.15) is 32.2 Å². The number of fused-ring (bicyclic) bond motifs is 1. The lowest BCUT2D eigenvalue weighted by Gasteiger charge is -2.41. The number of aliphatic hydroxyl groups is 1. The second-order valence-electron chi connectivity index (χ2n) is 12.4. The number of nitro groups is 1. The van der Waals surface area contributed by atoms with Crippen molar-refractivity contribution >= 4 is 31.5 Å². The number of benzene rings is 1. The molecule has 0 bridgehead atoms. The van der Waals surface area contributed by atoms with Gasteiger partial charge in [-0.3, -0.25) is 14.7 Å². The number of nitro benzene ring substituents is 1. The highest BCUT2D eigenvalue weighted by molar-refractivity contribution is 6.58. The number of anilines is 1. The summed E-state index contributed by atoms with van der Waals surface area (Å²) in [6.45, 7) is 16.8. The predicted molar refractivity (Wildman–Crippen MR) is 151 cm³/mol. The van der Waals surface area contributed by atoms with E-state index in [2.05, 4.69) is 33.4 Å². The van der Waals surface area contributed by atoms with Crippen molar-refractivity contribution in [2.75, 3.05) is 11.9 Å². The van der Waals surface area contributed by atoms with Crippen molar-refractivity contribution in [2.45, 2.75) is 90.3 Å². The summed E-state index contributed by atoms with van der Waals surface area (Å²) in [5.74, 6) is 0.463. The van der Waals surface area contributed by atoms with Gasteiger partial charge in [-0.05, 0) is 26.2 Å². The highest BCUT2D eigenvalue weighted by Gasteiger charge is 2.62. The first-order valence-electron chi connectivity index (χ1n) is 13.1. The smallest absolute Gasteiger partial charge is 0.274 e. The van der Waals surface area contributed by atoms with E-state index >= 15 is 0 Å². The van der Waals surface area contributed by atoms with Gasteiger partial charge in [-0.25, -0.2) is 15.0 Å². The van der Waals surface area contributed by atoms with Gasteiger partial charge in [-0.1, -0.05) is 52.1 Å². The third kappa shape index (κ3) is 5.43. The molecule has 1 saturated heterocycles. The zero-order chi connectivity index (χ0) is 28.8. The summed E-state index contributed by atoms with van der Waals surface area (Å²) >= 11 is 0. The number of aromatic nitrogens is 4. The van der Waals surface area contributed by atoms with E-state index in [1.807, 2.05) is 46.1 Å². The van der Waals surface area contributed by atoms with Crippen molar-refractivity contribution in [3.63, 3.8) is 0 Å². The summed E-state index contributed by atoms with van der Waals surface area (Å²) < 4.78 is 14.9. The average Bonchev–Trinajstić information content (AvgIpc) is 3.41. The maximum absolute atomic E-state index is 12.2. The first-order chi connectivity index (χ1) is 18.1. The zero-order valence-electron chi connectivity index (χ0n) is 24.0. The van der Waals surface area contributed by atoms with E-state index in [1.165, 1.54) is 12.4 Å². The van der Waals surface area contributed by atoms with Gasteiger partial charge < -0.3 is 19.9 Å². The molecule has 0 amide bonds. The molecule has 0 spiro atoms. The van der Waals surface area contributed by atoms with Crippen LogP contribution in [0.25, 0.3) is 11.2 Å². The molecular formula is C27H39N6O5Si. The van der Waals surface area contributed by atoms with Gasteiger partial charge in [0.2, 0.25) is 0 Å². The molecule has 11 nitrogen and oxygen atoms in total. The molecule has 2 N–H and O–H groups in total. The first kappa shape index (κ1) is 29.1. The summed E-state index contributed by atoms with van der Waals surface area (Å²) in [5, 5.41) is 25.9. The van der Waals surface area contributed by atoms with Crippen LogP contribution in [-0.2, 0) is 21.4 Å². The van der Waals surface area contributed by atoms with E-state index in [4.69, 9.17) is 9.47 Å². The predicted octanol–water partition coefficient (Wildman–Crippen LogP) is 4.67. The first-order valence-corrected chi connectivity index (χ1v) is 15.6. The van der Waals surface area contributed by atoms with Crippen molar-refractivity contribution in [2.24, 2.45) is 5.41 Å². The van der Waals surface area contributed by atoms with Crippen molar-refractivity contribution in [1.29, 1.82) is 0 Å². The molecule has 39 heavy (non-hydrogen) atoms. The molecule has 0 saturated carbocycles. The van der Waals surface area contributed by atoms with Crippen LogP contribution in [0.2, 0.25) is 13.1 Å². The summed E-state index contributed by atoms with van der Waals surface area (Å²) in [4.78, 5) is 24.6. The van der Waals surface area contributed by atoms with Crippen molar-refractivity contribution in [3.05, 3.63) is 52.6 Å². The third-order valence-corrected chi connectivity index (χ3v) is 9.58. The lowest BCUT2D eigenvalue weighted by atomic mass is 9.72. The minimum Gasteiger partial charge on any atom is -0.386 e. The molecule has 0 unspecified atom stereocenters. The molecule has 3 aromatic rings. The number of imidazole rings is 1. The number of para-hydroxylation sites is 1. The maximum atomic E-state index is 12.2. The molecule has 3 atom stereocenters. The van der Waals surface area contributed by atoms with Crippen LogP contribution in [0, 0.1) is 15.5 Å². The number of hydrogen-bond acceptors (Lipinski definition) is 9. The van der Waals surface area contributed by atoms with Gasteiger partial charge in [0.15, 0.2) is 17.0 Å². The molecule has 2 aromatic heterocycles. The lowest BCUT2D eigenvalue weighted by Crippen LogP contribution is -2.52. The summed E-state index contributed by atoms with van der Waals surface area (Å²) in [6, 6.07) is 6.59. The Balaban J connectivity index is 1.73. The summed E-state index contributed by atoms with van der Waals surface area (Å²) in [5.41, 5.74) is -0.381. The Kier molecular flexibility index (Phi) is 7.62. The Morgan fingerprint density at radius 2 is 1.90 bits per heavy atom. The second kappa shape index (κ2) is 10.2. The number of nitrogens with one attached hydrogen (secondary N) is 1. The summed E-state index contributed by atoms with van der Waals surface area (Å²) in [6.07, 6.45) is 2.94. The van der Waals surface area contributed by atoms with E-state index in [9.17, 15) is 15.2 Å². The highest BCUT2D eigenvalue weighted by Crippen LogP contribution is 2.52. The number of ether oxygens (including phenoxy) is 2. The van der Waals surface area contributed by atoms with Crippen LogP contribution in [0.4, 0.5) is 11.5 Å². The van der Waals surface area contributed by atoms with Crippen LogP contribution < -0.4 is 5.32 Å². The van der Waals surface area contributed by atoms with E-state index < -0.39 is 36.2 Å². The van der Waals surface area contributed by atoms with Crippen LogP contribution in [-0.4, -0.2) is 62.3 Å². The normalized spacial score (nSPS) is 24.0. The topological polar surface area (TPSA) is 137 Å². The quantitative estimate of drug-likeness (QED) is 0.231. The standard InChI is InChI=1S/C27H39N6O5Si/c1-24(2,3)26(34)15-27(39(7)8,38-20(26)14-37-25(4,5)6)32-17-31-21-22(29-16-30-23(21)32)28-13-18-11-9-10-12-19(18)33(35)36/h9-12,16-17,20,34H,13-15H2,1-8H3,(H,28,29,30)/t20-,26+,27+/m1/s1. The molecule has 1 fully saturated rings. The van der Waals surface area contributed by atoms with Gasteiger partial charge in [0.25, 0.3) is 5.69 Å². The molecule has 211 valence electrons. The minimum absolute atomic E-state index is 0.0355. The van der Waals surface area contributed by atoms with Gasteiger partial charge in [0, 0.05) is 24.6 Å². The molecule has 3 heterocycles.